The molecule has 0 spiro atoms. The van der Waals surface area contributed by atoms with E-state index in [1.54, 1.807) is 7.11 Å². The summed E-state index contributed by atoms with van der Waals surface area (Å²) in [6.45, 7) is 0. The van der Waals surface area contributed by atoms with Crippen molar-refractivity contribution in [3.05, 3.63) is 24.0 Å². The van der Waals surface area contributed by atoms with Gasteiger partial charge in [0, 0.05) is 6.07 Å². The number of halogens is 1. The Balaban J connectivity index is 1.96. The molecular formula is C12H14IN3O. The summed E-state index contributed by atoms with van der Waals surface area (Å²) in [6.07, 6.45) is 2.34. The number of alkyl halides is 1. The van der Waals surface area contributed by atoms with E-state index in [0.717, 1.165) is 29.0 Å². The summed E-state index contributed by atoms with van der Waals surface area (Å²) in [5.74, 6) is 1.89. The summed E-state index contributed by atoms with van der Waals surface area (Å²) in [5.41, 5.74) is 2.04. The molecule has 2 atom stereocenters. The Morgan fingerprint density at radius 1 is 1.41 bits per heavy atom. The average Bonchev–Trinajstić information content (AvgIpc) is 2.93. The average molecular weight is 343 g/mol. The Morgan fingerprint density at radius 2 is 2.29 bits per heavy atom. The second-order valence-electron chi connectivity index (χ2n) is 4.27. The number of hydrogen-bond acceptors (Lipinski definition) is 3. The number of fused-ring (bicyclic) bond motifs is 1. The molecule has 3 rings (SSSR count). The fraction of sp³-hybridized carbons (Fsp3) is 0.417. The minimum absolute atomic E-state index is 0.357. The maximum absolute atomic E-state index is 5.21. The van der Waals surface area contributed by atoms with E-state index in [-0.39, 0.29) is 0 Å². The van der Waals surface area contributed by atoms with E-state index in [1.807, 2.05) is 18.2 Å². The molecule has 1 aliphatic rings. The molecular weight excluding hydrogens is 329 g/mol. The summed E-state index contributed by atoms with van der Waals surface area (Å²) < 4.78 is 5.77. The Bertz CT molecular complexity index is 540. The fourth-order valence-electron chi connectivity index (χ4n) is 2.21. The van der Waals surface area contributed by atoms with Crippen molar-refractivity contribution in [3.8, 4) is 5.75 Å². The molecule has 0 aliphatic carbocycles. The molecule has 4 nitrogen and oxygen atoms in total. The number of H-pyrrole nitrogens is 1. The lowest BCUT2D eigenvalue weighted by atomic mass is 10.2. The molecule has 5 heteroatoms. The van der Waals surface area contributed by atoms with Gasteiger partial charge in [-0.1, -0.05) is 22.6 Å². The van der Waals surface area contributed by atoms with Gasteiger partial charge < -0.3 is 9.72 Å². The SMILES string of the molecule is COc1ccc2nc([C@@H]3CC[C@@H](I)N3)[nH]c2c1. The lowest BCUT2D eigenvalue weighted by molar-refractivity contribution is 0.415. The molecule has 2 heterocycles. The van der Waals surface area contributed by atoms with Crippen molar-refractivity contribution in [1.82, 2.24) is 15.3 Å². The molecule has 1 saturated heterocycles. The van der Waals surface area contributed by atoms with Crippen LogP contribution in [0.2, 0.25) is 0 Å². The fourth-order valence-corrected chi connectivity index (χ4v) is 3.01. The Kier molecular flexibility index (Phi) is 2.96. The number of imidazole rings is 1. The molecule has 0 saturated carbocycles. The zero-order valence-corrected chi connectivity index (χ0v) is 11.7. The van der Waals surface area contributed by atoms with E-state index >= 15 is 0 Å². The Hall–Kier alpha value is -0.820. The van der Waals surface area contributed by atoms with Crippen LogP contribution >= 0.6 is 22.6 Å². The molecule has 2 N–H and O–H groups in total. The number of ether oxygens (including phenoxy) is 1. The molecule has 1 aromatic heterocycles. The monoisotopic (exact) mass is 343 g/mol. The van der Waals surface area contributed by atoms with Gasteiger partial charge in [0.1, 0.15) is 11.6 Å². The van der Waals surface area contributed by atoms with Crippen LogP contribution in [0.4, 0.5) is 0 Å². The van der Waals surface area contributed by atoms with Crippen LogP contribution in [-0.2, 0) is 0 Å². The highest BCUT2D eigenvalue weighted by Crippen LogP contribution is 2.29. The van der Waals surface area contributed by atoms with E-state index in [9.17, 15) is 0 Å². The summed E-state index contributed by atoms with van der Waals surface area (Å²) in [5, 5.41) is 3.52. The summed E-state index contributed by atoms with van der Waals surface area (Å²) in [7, 11) is 1.68. The number of rotatable bonds is 2. The molecule has 1 aromatic carbocycles. The van der Waals surface area contributed by atoms with E-state index in [0.29, 0.717) is 10.1 Å². The number of nitrogens with one attached hydrogen (secondary N) is 2. The van der Waals surface area contributed by atoms with Crippen molar-refractivity contribution in [1.29, 1.82) is 0 Å². The van der Waals surface area contributed by atoms with Crippen LogP contribution in [0.15, 0.2) is 18.2 Å². The van der Waals surface area contributed by atoms with Crippen LogP contribution in [0.5, 0.6) is 5.75 Å². The number of aromatic amines is 1. The van der Waals surface area contributed by atoms with Gasteiger partial charge >= 0.3 is 0 Å². The highest BCUT2D eigenvalue weighted by Gasteiger charge is 2.25. The first-order chi connectivity index (χ1) is 8.26. The minimum atomic E-state index is 0.357. The summed E-state index contributed by atoms with van der Waals surface area (Å²) in [6, 6.07) is 6.28. The van der Waals surface area contributed by atoms with Crippen molar-refractivity contribution >= 4 is 33.6 Å². The smallest absolute Gasteiger partial charge is 0.124 e. The van der Waals surface area contributed by atoms with Gasteiger partial charge in [0.25, 0.3) is 0 Å². The molecule has 0 bridgehead atoms. The second kappa shape index (κ2) is 4.45. The van der Waals surface area contributed by atoms with E-state index < -0.39 is 0 Å². The normalized spacial score (nSPS) is 24.4. The van der Waals surface area contributed by atoms with Gasteiger partial charge in [-0.2, -0.15) is 0 Å². The molecule has 0 unspecified atom stereocenters. The lowest BCUT2D eigenvalue weighted by Gasteiger charge is -2.06. The first-order valence-corrected chi connectivity index (χ1v) is 6.94. The third kappa shape index (κ3) is 2.13. The topological polar surface area (TPSA) is 49.9 Å². The van der Waals surface area contributed by atoms with Gasteiger partial charge in [-0.05, 0) is 25.0 Å². The first-order valence-electron chi connectivity index (χ1n) is 5.70. The maximum atomic E-state index is 5.21. The van der Waals surface area contributed by atoms with Crippen molar-refractivity contribution in [2.45, 2.75) is 22.9 Å². The molecule has 2 aromatic rings. The highest BCUT2D eigenvalue weighted by molar-refractivity contribution is 14.1. The Morgan fingerprint density at radius 3 is 3.00 bits per heavy atom. The molecule has 1 aliphatic heterocycles. The van der Waals surface area contributed by atoms with Crippen LogP contribution in [0, 0.1) is 0 Å². The molecule has 90 valence electrons. The minimum Gasteiger partial charge on any atom is -0.497 e. The van der Waals surface area contributed by atoms with Crippen molar-refractivity contribution < 1.29 is 4.74 Å². The zero-order valence-electron chi connectivity index (χ0n) is 9.53. The third-order valence-corrected chi connectivity index (χ3v) is 4.11. The third-order valence-electron chi connectivity index (χ3n) is 3.13. The van der Waals surface area contributed by atoms with Crippen LogP contribution < -0.4 is 10.1 Å². The predicted molar refractivity (Wildman–Crippen MR) is 75.6 cm³/mol. The van der Waals surface area contributed by atoms with Crippen LogP contribution in [0.1, 0.15) is 24.7 Å². The quantitative estimate of drug-likeness (QED) is 0.501. The zero-order chi connectivity index (χ0) is 11.8. The van der Waals surface area contributed by atoms with Crippen molar-refractivity contribution in [2.75, 3.05) is 7.11 Å². The van der Waals surface area contributed by atoms with Crippen LogP contribution in [0.25, 0.3) is 11.0 Å². The number of benzene rings is 1. The molecule has 1 fully saturated rings. The summed E-state index contributed by atoms with van der Waals surface area (Å²) in [4.78, 5) is 8.00. The van der Waals surface area contributed by atoms with Gasteiger partial charge in [0.2, 0.25) is 0 Å². The van der Waals surface area contributed by atoms with Gasteiger partial charge in [0.15, 0.2) is 0 Å². The largest absolute Gasteiger partial charge is 0.497 e. The molecule has 17 heavy (non-hydrogen) atoms. The second-order valence-corrected chi connectivity index (χ2v) is 5.77. The summed E-state index contributed by atoms with van der Waals surface area (Å²) >= 11 is 2.43. The number of aromatic nitrogens is 2. The van der Waals surface area contributed by atoms with Crippen LogP contribution in [-0.4, -0.2) is 21.1 Å². The van der Waals surface area contributed by atoms with Gasteiger partial charge in [-0.25, -0.2) is 4.98 Å². The Labute approximate surface area is 113 Å². The lowest BCUT2D eigenvalue weighted by Crippen LogP contribution is -2.19. The number of methoxy groups -OCH3 is 1. The molecule has 0 radical (unpaired) electrons. The van der Waals surface area contributed by atoms with E-state index in [1.165, 1.54) is 6.42 Å². The standard InChI is InChI=1S/C12H14IN3O/c1-17-7-2-3-8-10(6-7)16-12(15-8)9-4-5-11(13)14-9/h2-3,6,9,11,14H,4-5H2,1H3,(H,15,16)/t9-,11-/m0/s1. The van der Waals surface area contributed by atoms with E-state index in [2.05, 4.69) is 37.9 Å². The number of nitrogens with zero attached hydrogens (tertiary/aromatic N) is 1. The van der Waals surface area contributed by atoms with Crippen molar-refractivity contribution in [3.63, 3.8) is 0 Å². The van der Waals surface area contributed by atoms with Gasteiger partial charge in [-0.3, -0.25) is 5.32 Å². The maximum Gasteiger partial charge on any atom is 0.124 e. The van der Waals surface area contributed by atoms with E-state index in [4.69, 9.17) is 4.74 Å². The highest BCUT2D eigenvalue weighted by atomic mass is 127. The van der Waals surface area contributed by atoms with Crippen molar-refractivity contribution in [2.24, 2.45) is 0 Å². The van der Waals surface area contributed by atoms with Crippen LogP contribution in [0.3, 0.4) is 0 Å². The van der Waals surface area contributed by atoms with Gasteiger partial charge in [-0.15, -0.1) is 0 Å². The molecule has 0 amide bonds. The van der Waals surface area contributed by atoms with Gasteiger partial charge in [0.05, 0.1) is 28.2 Å². The predicted octanol–water partition coefficient (Wildman–Crippen LogP) is 2.76. The number of hydrogen-bond donors (Lipinski definition) is 2. The first kappa shape index (κ1) is 11.3.